The summed E-state index contributed by atoms with van der Waals surface area (Å²) >= 11 is 1.36. The van der Waals surface area contributed by atoms with Crippen LogP contribution in [0.1, 0.15) is 16.5 Å². The van der Waals surface area contributed by atoms with Crippen molar-refractivity contribution in [2.75, 3.05) is 7.11 Å². The smallest absolute Gasteiger partial charge is 0.351 e. The normalized spacial score (nSPS) is 11.9. The number of amidine groups is 1. The molecule has 0 fully saturated rings. The molecule has 0 saturated carbocycles. The number of nitrogens with one attached hydrogen (secondary N) is 1. The van der Waals surface area contributed by atoms with E-state index in [-0.39, 0.29) is 5.84 Å². The minimum absolute atomic E-state index is 0.00224. The van der Waals surface area contributed by atoms with Gasteiger partial charge in [0.15, 0.2) is 0 Å². The number of carbonyl (C=O) groups is 1. The van der Waals surface area contributed by atoms with Crippen LogP contribution in [0.3, 0.4) is 0 Å². The summed E-state index contributed by atoms with van der Waals surface area (Å²) < 4.78 is 24.6. The molecule has 128 valence electrons. The molecule has 0 saturated heterocycles. The molecule has 0 aliphatic heterocycles. The first kappa shape index (κ1) is 16.9. The van der Waals surface area contributed by atoms with Gasteiger partial charge >= 0.3 is 5.97 Å². The number of methoxy groups -OCH3 is 1. The molecule has 0 spiro atoms. The predicted molar refractivity (Wildman–Crippen MR) is 94.6 cm³/mol. The van der Waals surface area contributed by atoms with Crippen molar-refractivity contribution in [1.82, 2.24) is 0 Å². The largest absolute Gasteiger partial charge is 0.474 e. The summed E-state index contributed by atoms with van der Waals surface area (Å²) in [7, 11) is 1.27. The first-order valence-corrected chi connectivity index (χ1v) is 8.17. The molecule has 0 aliphatic carbocycles. The first-order chi connectivity index (χ1) is 12.0. The highest BCUT2D eigenvalue weighted by Gasteiger charge is 2.24. The molecule has 1 heterocycles. The lowest BCUT2D eigenvalue weighted by atomic mass is 10.1. The van der Waals surface area contributed by atoms with E-state index >= 15 is 0 Å². The molecular weight excluding hydrogens is 343 g/mol. The number of hydrogen-bond acceptors (Lipinski definition) is 5. The van der Waals surface area contributed by atoms with Crippen molar-refractivity contribution >= 4 is 33.2 Å². The van der Waals surface area contributed by atoms with E-state index in [2.05, 4.69) is 0 Å². The zero-order valence-electron chi connectivity index (χ0n) is 13.3. The number of ether oxygens (including phenoxy) is 2. The minimum atomic E-state index is -1.00. The zero-order valence-corrected chi connectivity index (χ0v) is 14.1. The molecule has 25 heavy (non-hydrogen) atoms. The van der Waals surface area contributed by atoms with E-state index in [0.717, 1.165) is 10.1 Å². The quantitative estimate of drug-likeness (QED) is 0.414. The average molecular weight is 358 g/mol. The van der Waals surface area contributed by atoms with E-state index in [1.54, 1.807) is 12.1 Å². The van der Waals surface area contributed by atoms with E-state index in [1.807, 2.05) is 12.1 Å². The van der Waals surface area contributed by atoms with Gasteiger partial charge in [0.1, 0.15) is 17.4 Å². The second kappa shape index (κ2) is 6.90. The fourth-order valence-corrected chi connectivity index (χ4v) is 3.30. The van der Waals surface area contributed by atoms with Gasteiger partial charge in [-0.2, -0.15) is 0 Å². The number of nitrogen functional groups attached to an aromatic ring is 1. The Balaban J connectivity index is 1.93. The molecule has 2 aromatic carbocycles. The van der Waals surface area contributed by atoms with Gasteiger partial charge in [-0.3, -0.25) is 5.41 Å². The highest BCUT2D eigenvalue weighted by molar-refractivity contribution is 7.20. The van der Waals surface area contributed by atoms with Gasteiger partial charge in [-0.1, -0.05) is 12.1 Å². The molecule has 3 rings (SSSR count). The van der Waals surface area contributed by atoms with Crippen LogP contribution >= 0.6 is 11.3 Å². The lowest BCUT2D eigenvalue weighted by Crippen LogP contribution is -2.20. The molecule has 7 heteroatoms. The Morgan fingerprint density at radius 3 is 2.56 bits per heavy atom. The van der Waals surface area contributed by atoms with Crippen molar-refractivity contribution in [2.45, 2.75) is 6.10 Å². The SMILES string of the molecule is COC(=O)C(Oc1ccc2cc(C(=N)N)sc2c1)c1ccc(F)cc1. The molecule has 0 bridgehead atoms. The molecular formula is C18H15FN2O3S. The number of rotatable bonds is 5. The second-order valence-corrected chi connectivity index (χ2v) is 6.38. The van der Waals surface area contributed by atoms with Crippen LogP contribution in [0, 0.1) is 11.2 Å². The maximum absolute atomic E-state index is 13.1. The van der Waals surface area contributed by atoms with Gasteiger partial charge in [-0.05, 0) is 41.8 Å². The Bertz CT molecular complexity index is 937. The third kappa shape index (κ3) is 3.61. The van der Waals surface area contributed by atoms with E-state index in [9.17, 15) is 9.18 Å². The summed E-state index contributed by atoms with van der Waals surface area (Å²) in [6, 6.07) is 12.6. The Kier molecular flexibility index (Phi) is 4.67. The first-order valence-electron chi connectivity index (χ1n) is 7.36. The van der Waals surface area contributed by atoms with Crippen LogP contribution in [0.2, 0.25) is 0 Å². The number of nitrogens with two attached hydrogens (primary N) is 1. The van der Waals surface area contributed by atoms with E-state index < -0.39 is 17.9 Å². The van der Waals surface area contributed by atoms with Crippen molar-refractivity contribution in [3.05, 3.63) is 64.8 Å². The van der Waals surface area contributed by atoms with Crippen LogP contribution in [0.4, 0.5) is 4.39 Å². The third-order valence-electron chi connectivity index (χ3n) is 3.60. The number of esters is 1. The standard InChI is InChI=1S/C18H15FN2O3S/c1-23-18(22)16(10-2-5-12(19)6-3-10)24-13-7-4-11-8-15(17(20)21)25-14(11)9-13/h2-9,16H,1H3,(H3,20,21). The van der Waals surface area contributed by atoms with Gasteiger partial charge < -0.3 is 15.2 Å². The Labute approximate surface area is 147 Å². The highest BCUT2D eigenvalue weighted by atomic mass is 32.1. The van der Waals surface area contributed by atoms with Crippen LogP contribution in [0.5, 0.6) is 5.75 Å². The van der Waals surface area contributed by atoms with Crippen LogP contribution in [-0.2, 0) is 9.53 Å². The average Bonchev–Trinajstić information content (AvgIpc) is 3.03. The summed E-state index contributed by atoms with van der Waals surface area (Å²) in [5.41, 5.74) is 6.00. The molecule has 0 amide bonds. The van der Waals surface area contributed by atoms with Gasteiger partial charge in [-0.15, -0.1) is 11.3 Å². The second-order valence-electron chi connectivity index (χ2n) is 5.30. The summed E-state index contributed by atoms with van der Waals surface area (Å²) in [5.74, 6) is -0.516. The Morgan fingerprint density at radius 1 is 1.20 bits per heavy atom. The third-order valence-corrected chi connectivity index (χ3v) is 4.73. The lowest BCUT2D eigenvalue weighted by molar-refractivity contribution is -0.149. The van der Waals surface area contributed by atoms with Gasteiger partial charge in [0, 0.05) is 10.3 Å². The van der Waals surface area contributed by atoms with Crippen LogP contribution in [0.15, 0.2) is 48.5 Å². The van der Waals surface area contributed by atoms with E-state index in [4.69, 9.17) is 20.6 Å². The maximum atomic E-state index is 13.1. The molecule has 0 radical (unpaired) electrons. The summed E-state index contributed by atoms with van der Waals surface area (Å²) in [4.78, 5) is 12.7. The molecule has 1 atom stereocenters. The van der Waals surface area contributed by atoms with Crippen molar-refractivity contribution in [2.24, 2.45) is 5.73 Å². The number of benzene rings is 2. The molecule has 1 aromatic heterocycles. The van der Waals surface area contributed by atoms with E-state index in [1.165, 1.54) is 42.7 Å². The monoisotopic (exact) mass is 358 g/mol. The van der Waals surface area contributed by atoms with Gasteiger partial charge in [0.2, 0.25) is 6.10 Å². The van der Waals surface area contributed by atoms with Crippen LogP contribution in [-0.4, -0.2) is 18.9 Å². The number of carbonyl (C=O) groups excluding carboxylic acids is 1. The van der Waals surface area contributed by atoms with Crippen molar-refractivity contribution < 1.29 is 18.7 Å². The van der Waals surface area contributed by atoms with Crippen LogP contribution in [0.25, 0.3) is 10.1 Å². The molecule has 3 N–H and O–H groups in total. The number of fused-ring (bicyclic) bond motifs is 1. The molecule has 1 unspecified atom stereocenters. The molecule has 5 nitrogen and oxygen atoms in total. The van der Waals surface area contributed by atoms with Crippen LogP contribution < -0.4 is 10.5 Å². The van der Waals surface area contributed by atoms with Crippen molar-refractivity contribution in [1.29, 1.82) is 5.41 Å². The highest BCUT2D eigenvalue weighted by Crippen LogP contribution is 2.31. The predicted octanol–water partition coefficient (Wildman–Crippen LogP) is 3.62. The van der Waals surface area contributed by atoms with E-state index in [0.29, 0.717) is 16.2 Å². The van der Waals surface area contributed by atoms with Gasteiger partial charge in [0.05, 0.1) is 12.0 Å². The van der Waals surface area contributed by atoms with Crippen molar-refractivity contribution in [3.63, 3.8) is 0 Å². The van der Waals surface area contributed by atoms with Gasteiger partial charge in [-0.25, -0.2) is 9.18 Å². The topological polar surface area (TPSA) is 85.4 Å². The fourth-order valence-electron chi connectivity index (χ4n) is 2.35. The Morgan fingerprint density at radius 2 is 1.92 bits per heavy atom. The maximum Gasteiger partial charge on any atom is 0.351 e. The molecule has 3 aromatic rings. The minimum Gasteiger partial charge on any atom is -0.474 e. The number of halogens is 1. The number of thiophene rings is 1. The summed E-state index contributed by atoms with van der Waals surface area (Å²) in [5, 5.41) is 8.44. The van der Waals surface area contributed by atoms with Crippen molar-refractivity contribution in [3.8, 4) is 5.75 Å². The summed E-state index contributed by atoms with van der Waals surface area (Å²) in [6.07, 6.45) is -1.00. The number of hydrogen-bond donors (Lipinski definition) is 2. The zero-order chi connectivity index (χ0) is 18.0. The fraction of sp³-hybridized carbons (Fsp3) is 0.111. The molecule has 0 aliphatic rings. The van der Waals surface area contributed by atoms with Gasteiger partial charge in [0.25, 0.3) is 0 Å². The summed E-state index contributed by atoms with van der Waals surface area (Å²) in [6.45, 7) is 0. The Hall–Kier alpha value is -2.93. The lowest BCUT2D eigenvalue weighted by Gasteiger charge is -2.17.